The van der Waals surface area contributed by atoms with Gasteiger partial charge in [-0.05, 0) is 6.92 Å². The molecule has 0 amide bonds. The zero-order valence-corrected chi connectivity index (χ0v) is 19.6. The maximum absolute atomic E-state index is 6.90. The van der Waals surface area contributed by atoms with Gasteiger partial charge in [0.1, 0.15) is 0 Å². The summed E-state index contributed by atoms with van der Waals surface area (Å²) in [5.41, 5.74) is 6.94. The van der Waals surface area contributed by atoms with Gasteiger partial charge in [0, 0.05) is 0 Å². The summed E-state index contributed by atoms with van der Waals surface area (Å²) in [6.45, 7) is 9.01. The minimum atomic E-state index is -0.649. The standard InChI is InChI=1S/C15H22ClN5O3P.W/c1-5-22-12-10-11(19-14(17)20-12)21(7-18-10)13-15(3,16)8(2)9(24-13)6-23-25-4;/h7-9,13H,5-6H2,1-4H3,(H2,17,19,20);/q-1;+2/t8-,9-,13-,15-;/m1./s1. The fourth-order valence-electron chi connectivity index (χ4n) is 3.02. The van der Waals surface area contributed by atoms with Crippen LogP contribution in [0.1, 0.15) is 27.0 Å². The summed E-state index contributed by atoms with van der Waals surface area (Å²) in [6, 6.07) is 0. The molecular weight excluding hydrogens is 548 g/mol. The molecule has 1 aliphatic rings. The molecule has 0 bridgehead atoms. The third-order valence-corrected chi connectivity index (χ3v) is 6.78. The first-order valence-electron chi connectivity index (χ1n) is 8.26. The molecule has 26 heavy (non-hydrogen) atoms. The van der Waals surface area contributed by atoms with Gasteiger partial charge in [-0.1, -0.05) is 0 Å². The third kappa shape index (κ3) is 3.67. The molecule has 11 heteroatoms. The summed E-state index contributed by atoms with van der Waals surface area (Å²) in [6.07, 6.45) is 1.10. The summed E-state index contributed by atoms with van der Waals surface area (Å²) < 4.78 is 19.5. The first kappa shape index (κ1) is 20.1. The van der Waals surface area contributed by atoms with Gasteiger partial charge in [-0.25, -0.2) is 0 Å². The molecule has 1 unspecified atom stereocenters. The Morgan fingerprint density at radius 1 is 1.50 bits per heavy atom. The molecule has 2 aromatic rings. The summed E-state index contributed by atoms with van der Waals surface area (Å²) in [4.78, 5) is 12.2. The molecule has 3 heterocycles. The van der Waals surface area contributed by atoms with Crippen molar-refractivity contribution in [3.63, 3.8) is 0 Å². The van der Waals surface area contributed by atoms with Crippen molar-refractivity contribution in [2.75, 3.05) is 25.6 Å². The maximum atomic E-state index is 6.90. The summed E-state index contributed by atoms with van der Waals surface area (Å²) >= 11 is 8.35. The van der Waals surface area contributed by atoms with E-state index in [9.17, 15) is 0 Å². The van der Waals surface area contributed by atoms with Crippen molar-refractivity contribution in [3.05, 3.63) is 6.33 Å². The van der Waals surface area contributed by atoms with Crippen molar-refractivity contribution >= 4 is 34.5 Å². The molecule has 5 atom stereocenters. The molecule has 2 N–H and O–H groups in total. The van der Waals surface area contributed by atoms with E-state index in [1.54, 1.807) is 6.33 Å². The number of ether oxygens (including phenoxy) is 2. The first-order chi connectivity index (χ1) is 12.3. The molecule has 0 radical (unpaired) electrons. The number of hydrogen-bond acceptors (Lipinski definition) is 7. The van der Waals surface area contributed by atoms with Gasteiger partial charge in [-0.2, -0.15) is 0 Å². The Hall–Kier alpha value is -0.652. The molecule has 0 aliphatic carbocycles. The summed E-state index contributed by atoms with van der Waals surface area (Å²) in [7, 11) is 0. The van der Waals surface area contributed by atoms with E-state index >= 15 is 0 Å². The van der Waals surface area contributed by atoms with Gasteiger partial charge in [0.15, 0.2) is 0 Å². The Bertz CT molecular complexity index is 833. The van der Waals surface area contributed by atoms with E-state index < -0.39 is 11.1 Å². The second-order valence-corrected chi connectivity index (χ2v) is 13.8. The second kappa shape index (κ2) is 7.76. The van der Waals surface area contributed by atoms with Crippen LogP contribution < -0.4 is 10.5 Å². The van der Waals surface area contributed by atoms with Crippen LogP contribution in [0.4, 0.5) is 5.95 Å². The van der Waals surface area contributed by atoms with Crippen LogP contribution >= 0.6 is 17.4 Å². The van der Waals surface area contributed by atoms with Crippen molar-refractivity contribution in [1.82, 2.24) is 19.5 Å². The molecule has 2 aromatic heterocycles. The van der Waals surface area contributed by atoms with E-state index in [0.29, 0.717) is 30.3 Å². The number of hydrogen-bond donors (Lipinski definition) is 1. The third-order valence-electron chi connectivity index (χ3n) is 4.60. The molecule has 0 spiro atoms. The van der Waals surface area contributed by atoms with E-state index in [0.717, 1.165) is 0 Å². The zero-order valence-electron chi connectivity index (χ0n) is 15.0. The Morgan fingerprint density at radius 3 is 2.88 bits per heavy atom. The number of aromatic nitrogens is 4. The van der Waals surface area contributed by atoms with E-state index in [1.807, 2.05) is 18.4 Å². The molecule has 142 valence electrons. The van der Waals surface area contributed by atoms with Gasteiger partial charge in [0.2, 0.25) is 0 Å². The number of nitrogen functional groups attached to an aromatic ring is 1. The molecule has 3 rings (SSSR count). The van der Waals surface area contributed by atoms with Crippen LogP contribution in [0.5, 0.6) is 5.88 Å². The van der Waals surface area contributed by atoms with Gasteiger partial charge in [0.25, 0.3) is 0 Å². The quantitative estimate of drug-likeness (QED) is 0.422. The Kier molecular flexibility index (Phi) is 6.00. The zero-order chi connectivity index (χ0) is 19.1. The number of nitrogens with zero attached hydrogens (tertiary/aromatic N) is 4. The molecular formula is C15H22ClN5O3PW+. The molecule has 0 aromatic carbocycles. The van der Waals surface area contributed by atoms with Crippen LogP contribution in [0.25, 0.3) is 11.2 Å². The SMILES string of the molecule is CCOc1nc(N)nc2c1ncn2[C@@H]1O[C@H](CO[P+](C)=[W])[C@@H](C)[C@@]1(C)Cl. The van der Waals surface area contributed by atoms with E-state index in [-0.39, 0.29) is 23.8 Å². The molecule has 0 saturated carbocycles. The number of halogens is 1. The Labute approximate surface area is 168 Å². The molecule has 1 fully saturated rings. The summed E-state index contributed by atoms with van der Waals surface area (Å²) in [5.74, 6) is 0.189. The number of anilines is 1. The molecule has 1 aliphatic heterocycles. The fourth-order valence-corrected chi connectivity index (χ4v) is 4.33. The monoisotopic (exact) mass is 570 g/mol. The van der Waals surface area contributed by atoms with E-state index in [1.165, 1.54) is 18.8 Å². The van der Waals surface area contributed by atoms with Gasteiger partial charge >= 0.3 is 162 Å². The Morgan fingerprint density at radius 2 is 2.23 bits per heavy atom. The van der Waals surface area contributed by atoms with Gasteiger partial charge < -0.3 is 0 Å². The number of alkyl halides is 1. The number of rotatable bonds is 6. The first-order valence-corrected chi connectivity index (χ1v) is 14.2. The van der Waals surface area contributed by atoms with Gasteiger partial charge in [-0.3, -0.25) is 0 Å². The number of nitrogens with two attached hydrogens (primary N) is 1. The van der Waals surface area contributed by atoms with Crippen LogP contribution in [-0.2, 0) is 28.1 Å². The number of fused-ring (bicyclic) bond motifs is 1. The fraction of sp³-hybridized carbons (Fsp3) is 0.667. The second-order valence-electron chi connectivity index (χ2n) is 6.35. The van der Waals surface area contributed by atoms with Crippen LogP contribution in [0.2, 0.25) is 0 Å². The van der Waals surface area contributed by atoms with Crippen molar-refractivity contribution in [3.8, 4) is 5.88 Å². The van der Waals surface area contributed by atoms with Crippen molar-refractivity contribution in [1.29, 1.82) is 0 Å². The van der Waals surface area contributed by atoms with Gasteiger partial charge in [-0.15, -0.1) is 0 Å². The minimum absolute atomic E-state index is 0.0853. The van der Waals surface area contributed by atoms with Crippen LogP contribution in [0, 0.1) is 5.92 Å². The molecule has 1 saturated heterocycles. The average Bonchev–Trinajstić information content (AvgIpc) is 3.06. The van der Waals surface area contributed by atoms with E-state index in [4.69, 9.17) is 31.3 Å². The van der Waals surface area contributed by atoms with E-state index in [2.05, 4.69) is 28.5 Å². The summed E-state index contributed by atoms with van der Waals surface area (Å²) in [5, 5.41) is 0. The predicted octanol–water partition coefficient (Wildman–Crippen LogP) is 2.84. The van der Waals surface area contributed by atoms with Crippen molar-refractivity contribution in [2.24, 2.45) is 5.92 Å². The van der Waals surface area contributed by atoms with Crippen molar-refractivity contribution < 1.29 is 32.8 Å². The normalized spacial score (nSPS) is 29.3. The van der Waals surface area contributed by atoms with Crippen molar-refractivity contribution in [2.45, 2.75) is 38.0 Å². The average molecular weight is 571 g/mol. The Balaban J connectivity index is 1.99. The topological polar surface area (TPSA) is 97.3 Å². The molecule has 8 nitrogen and oxygen atoms in total. The number of imidazole rings is 1. The predicted molar refractivity (Wildman–Crippen MR) is 97.0 cm³/mol. The van der Waals surface area contributed by atoms with Crippen LogP contribution in [0.15, 0.2) is 6.33 Å². The van der Waals surface area contributed by atoms with Crippen LogP contribution in [-0.4, -0.2) is 50.4 Å². The van der Waals surface area contributed by atoms with Crippen LogP contribution in [0.3, 0.4) is 0 Å². The van der Waals surface area contributed by atoms with Gasteiger partial charge in [0.05, 0.1) is 0 Å².